The number of aliphatic hydroxyl groups excluding tert-OH is 2. The average molecular weight is 1540 g/mol. The molecule has 584 valence electrons. The summed E-state index contributed by atoms with van der Waals surface area (Å²) in [6, 6.07) is -3.27. The Morgan fingerprint density at radius 3 is 0.931 bits per heavy atom. The van der Waals surface area contributed by atoms with Crippen molar-refractivity contribution in [2.75, 3.05) is 98.9 Å². The fourth-order valence-electron chi connectivity index (χ4n) is 6.67. The van der Waals surface area contributed by atoms with Gasteiger partial charge in [-0.3, -0.25) is 65.5 Å². The third kappa shape index (κ3) is 64.0. The number of hydrogen-bond acceptors (Lipinski definition) is 30. The number of allylic oxidation sites excluding steroid dienone is 4. The van der Waals surface area contributed by atoms with Crippen LogP contribution in [0.25, 0.3) is 0 Å². The van der Waals surface area contributed by atoms with Gasteiger partial charge in [0.1, 0.15) is 50.8 Å². The van der Waals surface area contributed by atoms with Crippen molar-refractivity contribution < 1.29 is 136 Å². The summed E-state index contributed by atoms with van der Waals surface area (Å²) in [6.07, 6.45) is 16.3. The first kappa shape index (κ1) is 104. The molecule has 0 fully saturated rings. The van der Waals surface area contributed by atoms with Crippen molar-refractivity contribution in [2.45, 2.75) is 145 Å². The van der Waals surface area contributed by atoms with Gasteiger partial charge in [0.2, 0.25) is 23.6 Å². The molecule has 40 heteroatoms. The minimum atomic E-state index is -3.91. The van der Waals surface area contributed by atoms with Crippen LogP contribution in [0.1, 0.15) is 96.4 Å². The number of carbonyl (C=O) groups is 9. The summed E-state index contributed by atoms with van der Waals surface area (Å²) in [5, 5.41) is 31.6. The van der Waals surface area contributed by atoms with Gasteiger partial charge in [-0.25, -0.2) is 13.9 Å². The quantitative estimate of drug-likeness (QED) is 0.0144. The van der Waals surface area contributed by atoms with Crippen molar-refractivity contribution in [3.05, 3.63) is 99.2 Å². The molecule has 12 atom stereocenters. The van der Waals surface area contributed by atoms with E-state index in [4.69, 9.17) is 80.1 Å². The first-order chi connectivity index (χ1) is 48.2. The topological polar surface area (TPSA) is 490 Å². The molecule has 102 heavy (non-hydrogen) atoms. The number of amides is 6. The monoisotopic (exact) mass is 1540 g/mol. The predicted octanol–water partition coefficient (Wildman–Crippen LogP) is 6.08. The normalized spacial score (nSPS) is 14.6. The van der Waals surface area contributed by atoms with E-state index in [0.717, 1.165) is 0 Å². The lowest BCUT2D eigenvalue weighted by atomic mass is 10.1. The van der Waals surface area contributed by atoms with Crippen molar-refractivity contribution in [1.29, 1.82) is 0 Å². The zero-order valence-electron chi connectivity index (χ0n) is 60.5. The van der Waals surface area contributed by atoms with Crippen LogP contribution in [-0.2, 0) is 121 Å². The summed E-state index contributed by atoms with van der Waals surface area (Å²) >= 11 is 0. The maximum absolute atomic E-state index is 12.6. The second-order valence-electron chi connectivity index (χ2n) is 19.6. The molecule has 36 nitrogen and oxygen atoms in total. The van der Waals surface area contributed by atoms with E-state index >= 15 is 0 Å². The summed E-state index contributed by atoms with van der Waals surface area (Å²) in [5.41, 5.74) is 5.33. The van der Waals surface area contributed by atoms with Gasteiger partial charge in [-0.1, -0.05) is 55.5 Å². The van der Waals surface area contributed by atoms with Crippen LogP contribution < -0.4 is 37.6 Å². The first-order valence-corrected chi connectivity index (χ1v) is 36.5. The summed E-state index contributed by atoms with van der Waals surface area (Å²) in [4.78, 5) is 101. The average Bonchev–Trinajstić information content (AvgIpc) is 0.889. The van der Waals surface area contributed by atoms with Crippen LogP contribution in [-0.4, -0.2) is 211 Å². The Morgan fingerprint density at radius 1 is 0.431 bits per heavy atom. The number of nitrogens with two attached hydrogens (primary N) is 1. The van der Waals surface area contributed by atoms with Gasteiger partial charge in [0.25, 0.3) is 0 Å². The number of urea groups is 1. The van der Waals surface area contributed by atoms with E-state index in [9.17, 15) is 61.4 Å². The van der Waals surface area contributed by atoms with E-state index < -0.39 is 105 Å². The molecule has 0 rings (SSSR count). The molecule has 4 unspecified atom stereocenters. The molecular weight excluding hydrogens is 1430 g/mol. The smallest absolute Gasteiger partial charge is 0.456 e. The van der Waals surface area contributed by atoms with Gasteiger partial charge in [-0.05, 0) is 58.4 Å². The van der Waals surface area contributed by atoms with E-state index in [2.05, 4.69) is 58.2 Å². The van der Waals surface area contributed by atoms with E-state index in [0.29, 0.717) is 6.42 Å². The van der Waals surface area contributed by atoms with Crippen LogP contribution in [0, 0.1) is 0 Å². The van der Waals surface area contributed by atoms with Gasteiger partial charge in [-0.15, -0.1) is 44.4 Å². The molecule has 0 saturated carbocycles. The number of nitrogens with one attached hydrogen (secondary N) is 6. The Kier molecular flexibility index (Phi) is 68.4. The van der Waals surface area contributed by atoms with Crippen molar-refractivity contribution in [1.82, 2.24) is 31.9 Å². The molecule has 0 radical (unpaired) electrons. The number of ether oxygens (including phenoxy) is 4. The standard InChI is InChI=1S/C16H28NO7P.C15H27N2O7P.2C13H20NO6P.C5H12N2O3/c1-6-9-16(24-14(5)19)15(17-13(4)18)12-23-25(20,21-10-7-2)22-11-8-3;1-5-7-15(24-13(4)19)14(17-12(3)18)11-23-25(20,21-9-6-2)22-10-8-16;2*1-5-7-13(20-11(4)16)12(14-10(3)15)9-19-21(17)18-8-6-2;8-3-1-6-5(10)7-2-4-9/h6-7,9,15-16H,2,8,10-12H2,1,3-5H3,(H,17,18);5-7,14-15H,2,8-11,16H2,1,3-4H3,(H,17,18);2*5-7,12-13H,2,8-9H2,1,3-4H3;8-9H,1-4H2,(H2,6,7,10)/p+2/b9-6+;3*7-5+;/t15-,16+,25?;14-,15+,25?;2*12-,13+;/m0000./s1. The minimum absolute atomic E-state index is 0.0198. The third-order valence-corrected chi connectivity index (χ3v) is 14.6. The number of aliphatic hydroxyl groups is 2. The molecule has 0 aliphatic heterocycles. The Hall–Kier alpha value is -6.91. The van der Waals surface area contributed by atoms with E-state index in [1.807, 2.05) is 6.92 Å². The van der Waals surface area contributed by atoms with Crippen molar-refractivity contribution in [2.24, 2.45) is 5.73 Å². The lowest BCUT2D eigenvalue weighted by Crippen LogP contribution is -2.46. The number of esters is 4. The molecule has 0 spiro atoms. The van der Waals surface area contributed by atoms with E-state index in [-0.39, 0.29) is 129 Å². The second kappa shape index (κ2) is 67.3. The highest BCUT2D eigenvalue weighted by Gasteiger charge is 2.35. The van der Waals surface area contributed by atoms with Gasteiger partial charge < -0.3 is 66.8 Å². The lowest BCUT2D eigenvalue weighted by molar-refractivity contribution is -0.147. The maximum Gasteiger partial charge on any atom is 0.697 e. The zero-order chi connectivity index (χ0) is 78.9. The van der Waals surface area contributed by atoms with Crippen LogP contribution >= 0.6 is 32.2 Å². The molecule has 10 N–H and O–H groups in total. The second-order valence-corrected chi connectivity index (χ2v) is 24.8. The Labute approximate surface area is 600 Å². The Morgan fingerprint density at radius 2 is 0.706 bits per heavy atom. The molecule has 0 aliphatic carbocycles. The van der Waals surface area contributed by atoms with Crippen LogP contribution in [0.15, 0.2) is 99.2 Å². The molecule has 0 bridgehead atoms. The van der Waals surface area contributed by atoms with Crippen LogP contribution in [0.2, 0.25) is 0 Å². The molecule has 0 aromatic carbocycles. The fraction of sp³-hybridized carbons (Fsp3) is 0.597. The van der Waals surface area contributed by atoms with Gasteiger partial charge in [0, 0.05) is 84.2 Å². The van der Waals surface area contributed by atoms with Crippen molar-refractivity contribution in [3.8, 4) is 0 Å². The van der Waals surface area contributed by atoms with Gasteiger partial charge in [-0.2, -0.15) is 0 Å². The van der Waals surface area contributed by atoms with Crippen molar-refractivity contribution in [3.63, 3.8) is 0 Å². The number of hydrogen-bond donors (Lipinski definition) is 9. The fourth-order valence-corrected chi connectivity index (χ4v) is 10.3. The third-order valence-electron chi connectivity index (χ3n) is 10.3. The van der Waals surface area contributed by atoms with Gasteiger partial charge in [0.05, 0.1) is 77.0 Å². The van der Waals surface area contributed by atoms with E-state index in [1.54, 1.807) is 76.3 Å². The molecule has 0 aliphatic rings. The lowest BCUT2D eigenvalue weighted by Gasteiger charge is -2.26. The molecule has 0 aromatic heterocycles. The number of phosphoric ester groups is 2. The number of carbonyl (C=O) groups excluding carboxylic acids is 9. The molecule has 6 amide bonds. The SMILES string of the molecule is C=CCOP(=O)(OCCC)OC[C@H](NC(C)=O)[C@@H](/C=C/C)OC(C)=O.C=CCOP(=O)(OCCN)OC[C@H](NC(C)=O)[C@@H](/C=C/C)OC(C)=O.C=CCO[P+](=O)OC[C@H](NC(C)=O)[C@@H](/C=C/C)OC(C)=O.C=CCO[P+](=O)OC[C@H](NC(C)=O)[C@@H](/C=C/C)OC(C)=O.O=C(NCCO)NCCO. The minimum Gasteiger partial charge on any atom is -0.456 e. The molecule has 0 aromatic rings. The first-order valence-electron chi connectivity index (χ1n) is 31.4. The predicted molar refractivity (Wildman–Crippen MR) is 378 cm³/mol. The summed E-state index contributed by atoms with van der Waals surface area (Å²) in [5.74, 6) is -3.44. The maximum atomic E-state index is 12.6. The molecular formula is C62H109N7O29P4+2. The highest BCUT2D eigenvalue weighted by molar-refractivity contribution is 7.48. The highest BCUT2D eigenvalue weighted by Crippen LogP contribution is 2.50. The largest absolute Gasteiger partial charge is 0.697 e. The molecule has 0 heterocycles. The van der Waals surface area contributed by atoms with Gasteiger partial charge in [0.15, 0.2) is 0 Å². The summed E-state index contributed by atoms with van der Waals surface area (Å²) < 4.78 is 119. The number of rotatable bonds is 50. The Bertz CT molecular complexity index is 2550. The van der Waals surface area contributed by atoms with Crippen LogP contribution in [0.4, 0.5) is 4.79 Å². The molecule has 0 saturated heterocycles. The summed E-state index contributed by atoms with van der Waals surface area (Å²) in [7, 11) is -12.4. The van der Waals surface area contributed by atoms with Crippen LogP contribution in [0.5, 0.6) is 0 Å². The van der Waals surface area contributed by atoms with Gasteiger partial charge >= 0.3 is 62.1 Å². The zero-order valence-corrected chi connectivity index (χ0v) is 64.1. The Balaban J connectivity index is -0.000000393. The van der Waals surface area contributed by atoms with E-state index in [1.165, 1.54) is 79.7 Å². The number of phosphoric acid groups is 2. The van der Waals surface area contributed by atoms with Crippen molar-refractivity contribution >= 4 is 85.7 Å². The summed E-state index contributed by atoms with van der Waals surface area (Å²) in [6.45, 7) is 32.7. The highest BCUT2D eigenvalue weighted by atomic mass is 31.2. The van der Waals surface area contributed by atoms with Crippen LogP contribution in [0.3, 0.4) is 0 Å².